The summed E-state index contributed by atoms with van der Waals surface area (Å²) in [4.78, 5) is 6.66. The smallest absolute Gasteiger partial charge is 0.141 e. The van der Waals surface area contributed by atoms with Gasteiger partial charge in [-0.15, -0.1) is 0 Å². The maximum absolute atomic E-state index is 9.30. The zero-order valence-corrected chi connectivity index (χ0v) is 6.07. The van der Waals surface area contributed by atoms with Crippen LogP contribution in [0.2, 0.25) is 0 Å². The molecule has 2 rings (SSSR count). The van der Waals surface area contributed by atoms with E-state index < -0.39 is 0 Å². The van der Waals surface area contributed by atoms with Crippen LogP contribution in [-0.2, 0) is 0 Å². The molecule has 12 heavy (non-hydrogen) atoms. The fourth-order valence-electron chi connectivity index (χ4n) is 1.11. The quantitative estimate of drug-likeness (QED) is 0.605. The molecule has 0 amide bonds. The van der Waals surface area contributed by atoms with Crippen molar-refractivity contribution in [1.29, 1.82) is 5.26 Å². The highest BCUT2D eigenvalue weighted by atomic mass is 16.3. The predicted molar refractivity (Wildman–Crippen MR) is 42.5 cm³/mol. The summed E-state index contributed by atoms with van der Waals surface area (Å²) >= 11 is 0. The fraction of sp³-hybridized carbons (Fsp3) is 0. The molecule has 1 aromatic carbocycles. The molecule has 4 heteroatoms. The number of hydrogen-bond donors (Lipinski definition) is 2. The number of aromatic amines is 1. The molecule has 1 heterocycles. The van der Waals surface area contributed by atoms with E-state index in [1.807, 2.05) is 6.07 Å². The highest BCUT2D eigenvalue weighted by Crippen LogP contribution is 2.23. The zero-order valence-electron chi connectivity index (χ0n) is 6.07. The van der Waals surface area contributed by atoms with Gasteiger partial charge in [-0.25, -0.2) is 4.98 Å². The van der Waals surface area contributed by atoms with Crippen LogP contribution in [-0.4, -0.2) is 15.1 Å². The molecule has 4 nitrogen and oxygen atoms in total. The molecule has 0 atom stereocenters. The van der Waals surface area contributed by atoms with Crippen molar-refractivity contribution in [2.45, 2.75) is 0 Å². The molecule has 0 unspecified atom stereocenters. The number of fused-ring (bicyclic) bond motifs is 1. The Balaban J connectivity index is 2.94. The number of rotatable bonds is 0. The first-order valence-corrected chi connectivity index (χ1v) is 3.38. The number of nitrogens with zero attached hydrogens (tertiary/aromatic N) is 2. The third-order valence-corrected chi connectivity index (χ3v) is 1.68. The standard InChI is InChI=1S/C8H5N3O/c9-3-5-1-2-6(12)8-7(5)10-4-11-8/h1-2,4,12H,(H,10,11). The summed E-state index contributed by atoms with van der Waals surface area (Å²) in [6, 6.07) is 5.00. The number of nitrogens with one attached hydrogen (secondary N) is 1. The molecule has 0 aliphatic heterocycles. The molecule has 0 fully saturated rings. The van der Waals surface area contributed by atoms with E-state index in [1.165, 1.54) is 12.4 Å². The average Bonchev–Trinajstić information content (AvgIpc) is 2.54. The third-order valence-electron chi connectivity index (χ3n) is 1.68. The molecule has 0 aliphatic rings. The van der Waals surface area contributed by atoms with Crippen molar-refractivity contribution in [3.63, 3.8) is 0 Å². The summed E-state index contributed by atoms with van der Waals surface area (Å²) in [5, 5.41) is 18.0. The van der Waals surface area contributed by atoms with E-state index in [9.17, 15) is 5.11 Å². The fourth-order valence-corrected chi connectivity index (χ4v) is 1.11. The second-order valence-electron chi connectivity index (χ2n) is 2.37. The number of hydrogen-bond acceptors (Lipinski definition) is 3. The van der Waals surface area contributed by atoms with Gasteiger partial charge >= 0.3 is 0 Å². The van der Waals surface area contributed by atoms with E-state index in [4.69, 9.17) is 5.26 Å². The predicted octanol–water partition coefficient (Wildman–Crippen LogP) is 1.14. The van der Waals surface area contributed by atoms with E-state index in [0.717, 1.165) is 0 Å². The molecule has 1 aromatic heterocycles. The lowest BCUT2D eigenvalue weighted by atomic mass is 10.2. The van der Waals surface area contributed by atoms with Crippen molar-refractivity contribution < 1.29 is 5.11 Å². The molecule has 2 N–H and O–H groups in total. The Hall–Kier alpha value is -2.02. The van der Waals surface area contributed by atoms with Crippen molar-refractivity contribution in [1.82, 2.24) is 9.97 Å². The summed E-state index contributed by atoms with van der Waals surface area (Å²) in [7, 11) is 0. The summed E-state index contributed by atoms with van der Waals surface area (Å²) in [6.45, 7) is 0. The molecule has 0 bridgehead atoms. The summed E-state index contributed by atoms with van der Waals surface area (Å²) < 4.78 is 0. The molecule has 0 radical (unpaired) electrons. The van der Waals surface area contributed by atoms with Crippen LogP contribution in [0, 0.1) is 11.3 Å². The number of H-pyrrole nitrogens is 1. The van der Waals surface area contributed by atoms with E-state index in [-0.39, 0.29) is 5.75 Å². The summed E-state index contributed by atoms with van der Waals surface area (Å²) in [6.07, 6.45) is 1.45. The van der Waals surface area contributed by atoms with E-state index >= 15 is 0 Å². The summed E-state index contributed by atoms with van der Waals surface area (Å²) in [5.41, 5.74) is 1.48. The molecule has 58 valence electrons. The van der Waals surface area contributed by atoms with E-state index in [0.29, 0.717) is 16.6 Å². The Bertz CT molecular complexity index is 467. The first-order chi connectivity index (χ1) is 5.83. The molecular weight excluding hydrogens is 154 g/mol. The first-order valence-electron chi connectivity index (χ1n) is 3.38. The zero-order chi connectivity index (χ0) is 8.55. The van der Waals surface area contributed by atoms with Gasteiger partial charge in [0.2, 0.25) is 0 Å². The van der Waals surface area contributed by atoms with Gasteiger partial charge in [0.05, 0.1) is 11.9 Å². The highest BCUT2D eigenvalue weighted by molar-refractivity contribution is 5.85. The second kappa shape index (κ2) is 2.24. The topological polar surface area (TPSA) is 72.7 Å². The van der Waals surface area contributed by atoms with Gasteiger partial charge in [-0.1, -0.05) is 0 Å². The minimum Gasteiger partial charge on any atom is -0.506 e. The van der Waals surface area contributed by atoms with Crippen LogP contribution in [0.5, 0.6) is 5.75 Å². The maximum Gasteiger partial charge on any atom is 0.141 e. The van der Waals surface area contributed by atoms with Crippen LogP contribution in [0.4, 0.5) is 0 Å². The molecule has 2 aromatic rings. The number of aromatic hydroxyl groups is 1. The number of benzene rings is 1. The van der Waals surface area contributed by atoms with Gasteiger partial charge in [0.15, 0.2) is 0 Å². The molecular formula is C8H5N3O. The van der Waals surface area contributed by atoms with Gasteiger partial charge in [0.25, 0.3) is 0 Å². The number of phenolic OH excluding ortho intramolecular Hbond substituents is 1. The summed E-state index contributed by atoms with van der Waals surface area (Å²) in [5.74, 6) is 0.113. The Morgan fingerprint density at radius 1 is 1.50 bits per heavy atom. The van der Waals surface area contributed by atoms with Gasteiger partial charge in [0.1, 0.15) is 22.9 Å². The SMILES string of the molecule is N#Cc1ccc(O)c2[nH]cnc12. The van der Waals surface area contributed by atoms with Crippen molar-refractivity contribution in [3.05, 3.63) is 24.0 Å². The van der Waals surface area contributed by atoms with Gasteiger partial charge in [-0.05, 0) is 12.1 Å². The number of phenols is 1. The first kappa shape index (κ1) is 6.68. The van der Waals surface area contributed by atoms with Crippen LogP contribution in [0.3, 0.4) is 0 Å². The lowest BCUT2D eigenvalue weighted by molar-refractivity contribution is 0.480. The largest absolute Gasteiger partial charge is 0.506 e. The van der Waals surface area contributed by atoms with Crippen LogP contribution < -0.4 is 0 Å². The van der Waals surface area contributed by atoms with Gasteiger partial charge in [-0.2, -0.15) is 5.26 Å². The van der Waals surface area contributed by atoms with Crippen molar-refractivity contribution in [2.24, 2.45) is 0 Å². The Morgan fingerprint density at radius 2 is 2.33 bits per heavy atom. The third kappa shape index (κ3) is 0.736. The number of nitriles is 1. The second-order valence-corrected chi connectivity index (χ2v) is 2.37. The molecule has 0 aliphatic carbocycles. The normalized spacial score (nSPS) is 9.92. The Morgan fingerprint density at radius 3 is 3.08 bits per heavy atom. The monoisotopic (exact) mass is 159 g/mol. The van der Waals surface area contributed by atoms with E-state index in [2.05, 4.69) is 9.97 Å². The van der Waals surface area contributed by atoms with Gasteiger partial charge in [0, 0.05) is 0 Å². The lowest BCUT2D eigenvalue weighted by Crippen LogP contribution is -1.78. The van der Waals surface area contributed by atoms with E-state index in [1.54, 1.807) is 6.07 Å². The number of imidazole rings is 1. The highest BCUT2D eigenvalue weighted by Gasteiger charge is 2.05. The van der Waals surface area contributed by atoms with Gasteiger partial charge < -0.3 is 10.1 Å². The maximum atomic E-state index is 9.30. The minimum atomic E-state index is 0.113. The average molecular weight is 159 g/mol. The van der Waals surface area contributed by atoms with Crippen LogP contribution in [0.1, 0.15) is 5.56 Å². The number of aromatic nitrogens is 2. The van der Waals surface area contributed by atoms with Gasteiger partial charge in [-0.3, -0.25) is 0 Å². The van der Waals surface area contributed by atoms with Crippen molar-refractivity contribution in [2.75, 3.05) is 0 Å². The van der Waals surface area contributed by atoms with Crippen LogP contribution in [0.15, 0.2) is 18.5 Å². The van der Waals surface area contributed by atoms with Crippen LogP contribution >= 0.6 is 0 Å². The molecule has 0 spiro atoms. The minimum absolute atomic E-state index is 0.113. The van der Waals surface area contributed by atoms with Crippen molar-refractivity contribution in [3.8, 4) is 11.8 Å². The Labute approximate surface area is 68.1 Å². The lowest BCUT2D eigenvalue weighted by Gasteiger charge is -1.93. The Kier molecular flexibility index (Phi) is 1.25. The van der Waals surface area contributed by atoms with Crippen LogP contribution in [0.25, 0.3) is 11.0 Å². The van der Waals surface area contributed by atoms with Crippen molar-refractivity contribution >= 4 is 11.0 Å². The molecule has 0 saturated heterocycles. The molecule has 0 saturated carbocycles.